The molecule has 4 rings (SSSR count). The highest BCUT2D eigenvalue weighted by Crippen LogP contribution is 2.31. The van der Waals surface area contributed by atoms with Crippen molar-refractivity contribution in [2.75, 3.05) is 24.3 Å². The molecule has 34 heavy (non-hydrogen) atoms. The van der Waals surface area contributed by atoms with E-state index in [4.69, 9.17) is 21.1 Å². The molecule has 1 amide bonds. The highest BCUT2D eigenvalue weighted by molar-refractivity contribution is 7.93. The molecule has 0 atom stereocenters. The number of ether oxygens (including phenoxy) is 2. The summed E-state index contributed by atoms with van der Waals surface area (Å²) in [5.74, 6) is 0.437. The maximum Gasteiger partial charge on any atom is 0.262 e. The van der Waals surface area contributed by atoms with Crippen LogP contribution in [0.1, 0.15) is 10.4 Å². The Kier molecular flexibility index (Phi) is 6.58. The number of hydrogen-bond donors (Lipinski definition) is 2. The van der Waals surface area contributed by atoms with Gasteiger partial charge in [0.25, 0.3) is 15.9 Å². The van der Waals surface area contributed by atoms with Gasteiger partial charge in [-0.25, -0.2) is 13.4 Å². The van der Waals surface area contributed by atoms with Gasteiger partial charge < -0.3 is 14.8 Å². The van der Waals surface area contributed by atoms with Crippen molar-refractivity contribution in [3.05, 3.63) is 83.6 Å². The van der Waals surface area contributed by atoms with Crippen LogP contribution in [-0.4, -0.2) is 33.5 Å². The fraction of sp³-hybridized carbons (Fsp3) is 0.0833. The Morgan fingerprint density at radius 1 is 0.912 bits per heavy atom. The quantitative estimate of drug-likeness (QED) is 0.349. The number of amides is 1. The van der Waals surface area contributed by atoms with Crippen molar-refractivity contribution in [3.8, 4) is 11.5 Å². The lowest BCUT2D eigenvalue weighted by molar-refractivity contribution is 0.102. The van der Waals surface area contributed by atoms with E-state index in [9.17, 15) is 13.2 Å². The standard InChI is InChI=1S/C24H20ClN3O5S/c1-32-15-10-11-20(21(14-15)33-2)27-24(29)18-6-3-4-8-19(18)28-34(30,31)22-9-5-7-17-16(22)12-13-26-23(17)25/h3-14,28H,1-2H3,(H,27,29). The number of anilines is 2. The predicted octanol–water partition coefficient (Wildman–Crippen LogP) is 4.96. The number of halogens is 1. The predicted molar refractivity (Wildman–Crippen MR) is 132 cm³/mol. The molecule has 1 aromatic heterocycles. The minimum Gasteiger partial charge on any atom is -0.497 e. The summed E-state index contributed by atoms with van der Waals surface area (Å²) in [6, 6.07) is 17.6. The second-order valence-corrected chi connectivity index (χ2v) is 9.13. The zero-order valence-electron chi connectivity index (χ0n) is 18.2. The molecule has 10 heteroatoms. The molecule has 0 aliphatic carbocycles. The minimum atomic E-state index is -4.07. The van der Waals surface area contributed by atoms with E-state index in [-0.39, 0.29) is 21.3 Å². The molecule has 0 aliphatic rings. The van der Waals surface area contributed by atoms with Crippen LogP contribution in [0.25, 0.3) is 10.8 Å². The molecule has 0 aliphatic heterocycles. The Bertz CT molecular complexity index is 1490. The molecule has 1 heterocycles. The van der Waals surface area contributed by atoms with Gasteiger partial charge in [0.15, 0.2) is 0 Å². The highest BCUT2D eigenvalue weighted by atomic mass is 35.5. The average Bonchev–Trinajstić information content (AvgIpc) is 2.84. The number of sulfonamides is 1. The number of fused-ring (bicyclic) bond motifs is 1. The number of nitrogens with one attached hydrogen (secondary N) is 2. The monoisotopic (exact) mass is 497 g/mol. The van der Waals surface area contributed by atoms with Crippen LogP contribution in [0.3, 0.4) is 0 Å². The summed E-state index contributed by atoms with van der Waals surface area (Å²) >= 11 is 6.13. The van der Waals surface area contributed by atoms with Gasteiger partial charge in [-0.1, -0.05) is 35.9 Å². The first kappa shape index (κ1) is 23.3. The van der Waals surface area contributed by atoms with Gasteiger partial charge in [-0.15, -0.1) is 0 Å². The van der Waals surface area contributed by atoms with Gasteiger partial charge in [0, 0.05) is 23.0 Å². The molecule has 0 saturated carbocycles. The van der Waals surface area contributed by atoms with E-state index in [2.05, 4.69) is 15.0 Å². The van der Waals surface area contributed by atoms with Crippen LogP contribution in [0, 0.1) is 0 Å². The van der Waals surface area contributed by atoms with Crippen LogP contribution in [0.4, 0.5) is 11.4 Å². The van der Waals surface area contributed by atoms with Crippen LogP contribution >= 0.6 is 11.6 Å². The Hall–Kier alpha value is -3.82. The number of methoxy groups -OCH3 is 2. The number of hydrogen-bond acceptors (Lipinski definition) is 6. The average molecular weight is 498 g/mol. The molecule has 2 N–H and O–H groups in total. The molecule has 0 radical (unpaired) electrons. The Labute approximate surface area is 201 Å². The third-order valence-electron chi connectivity index (χ3n) is 5.08. The molecule has 0 fully saturated rings. The van der Waals surface area contributed by atoms with Crippen molar-refractivity contribution in [1.82, 2.24) is 4.98 Å². The van der Waals surface area contributed by atoms with E-state index in [0.717, 1.165) is 0 Å². The fourth-order valence-corrected chi connectivity index (χ4v) is 4.96. The number of para-hydroxylation sites is 1. The van der Waals surface area contributed by atoms with Crippen LogP contribution in [0.5, 0.6) is 11.5 Å². The first-order valence-corrected chi connectivity index (χ1v) is 11.9. The third-order valence-corrected chi connectivity index (χ3v) is 6.80. The van der Waals surface area contributed by atoms with E-state index >= 15 is 0 Å². The van der Waals surface area contributed by atoms with Crippen LogP contribution in [0.15, 0.2) is 77.8 Å². The summed E-state index contributed by atoms with van der Waals surface area (Å²) in [5.41, 5.74) is 0.649. The van der Waals surface area contributed by atoms with Gasteiger partial charge in [-0.05, 0) is 36.4 Å². The topological polar surface area (TPSA) is 107 Å². The SMILES string of the molecule is COc1ccc(NC(=O)c2ccccc2NS(=O)(=O)c2cccc3c(Cl)nccc23)c(OC)c1. The number of carbonyl (C=O) groups is 1. The van der Waals surface area contributed by atoms with Gasteiger partial charge in [-0.3, -0.25) is 9.52 Å². The molecule has 174 valence electrons. The normalized spacial score (nSPS) is 11.1. The Balaban J connectivity index is 1.67. The van der Waals surface area contributed by atoms with Crippen LogP contribution < -0.4 is 19.5 Å². The Morgan fingerprint density at radius 2 is 1.71 bits per heavy atom. The molecule has 0 unspecified atom stereocenters. The number of aromatic nitrogens is 1. The number of pyridine rings is 1. The smallest absolute Gasteiger partial charge is 0.262 e. The number of benzene rings is 3. The van der Waals surface area contributed by atoms with Gasteiger partial charge in [0.05, 0.1) is 36.1 Å². The molecule has 0 saturated heterocycles. The number of nitrogens with zero attached hydrogens (tertiary/aromatic N) is 1. The maximum atomic E-state index is 13.3. The van der Waals surface area contributed by atoms with E-state index in [1.807, 2.05) is 0 Å². The van der Waals surface area contributed by atoms with Gasteiger partial charge in [0.2, 0.25) is 0 Å². The van der Waals surface area contributed by atoms with E-state index in [1.54, 1.807) is 48.5 Å². The first-order chi connectivity index (χ1) is 16.3. The van der Waals surface area contributed by atoms with Gasteiger partial charge in [-0.2, -0.15) is 0 Å². The second-order valence-electron chi connectivity index (χ2n) is 7.12. The summed E-state index contributed by atoms with van der Waals surface area (Å²) in [4.78, 5) is 17.1. The van der Waals surface area contributed by atoms with E-state index < -0.39 is 15.9 Å². The molecule has 0 spiro atoms. The minimum absolute atomic E-state index is 0.0151. The fourth-order valence-electron chi connectivity index (χ4n) is 3.44. The lowest BCUT2D eigenvalue weighted by Crippen LogP contribution is -2.19. The van der Waals surface area contributed by atoms with Crippen molar-refractivity contribution in [2.24, 2.45) is 0 Å². The first-order valence-electron chi connectivity index (χ1n) is 10.0. The van der Waals surface area contributed by atoms with Crippen molar-refractivity contribution in [1.29, 1.82) is 0 Å². The molecule has 3 aromatic carbocycles. The van der Waals surface area contributed by atoms with E-state index in [0.29, 0.717) is 28.0 Å². The van der Waals surface area contributed by atoms with Gasteiger partial charge in [0.1, 0.15) is 16.7 Å². The highest BCUT2D eigenvalue weighted by Gasteiger charge is 2.22. The van der Waals surface area contributed by atoms with Crippen LogP contribution in [-0.2, 0) is 10.0 Å². The second kappa shape index (κ2) is 9.58. The molecule has 4 aromatic rings. The van der Waals surface area contributed by atoms with Crippen molar-refractivity contribution in [3.63, 3.8) is 0 Å². The third kappa shape index (κ3) is 4.61. The summed E-state index contributed by atoms with van der Waals surface area (Å²) in [6.07, 6.45) is 1.44. The molecular weight excluding hydrogens is 478 g/mol. The zero-order chi connectivity index (χ0) is 24.3. The lowest BCUT2D eigenvalue weighted by Gasteiger charge is -2.15. The summed E-state index contributed by atoms with van der Waals surface area (Å²) in [5, 5.41) is 3.87. The van der Waals surface area contributed by atoms with Crippen molar-refractivity contribution < 1.29 is 22.7 Å². The number of carbonyl (C=O) groups excluding carboxylic acids is 1. The Morgan fingerprint density at radius 3 is 2.47 bits per heavy atom. The summed E-state index contributed by atoms with van der Waals surface area (Å²) in [7, 11) is -1.07. The summed E-state index contributed by atoms with van der Waals surface area (Å²) in [6.45, 7) is 0. The van der Waals surface area contributed by atoms with Crippen molar-refractivity contribution in [2.45, 2.75) is 4.90 Å². The maximum absolute atomic E-state index is 13.3. The lowest BCUT2D eigenvalue weighted by atomic mass is 10.1. The van der Waals surface area contributed by atoms with E-state index in [1.165, 1.54) is 38.6 Å². The molecule has 8 nitrogen and oxygen atoms in total. The summed E-state index contributed by atoms with van der Waals surface area (Å²) < 4.78 is 39.6. The zero-order valence-corrected chi connectivity index (χ0v) is 19.8. The number of rotatable bonds is 7. The largest absolute Gasteiger partial charge is 0.497 e. The van der Waals surface area contributed by atoms with Gasteiger partial charge >= 0.3 is 0 Å². The molecule has 0 bridgehead atoms. The molecular formula is C24H20ClN3O5S. The van der Waals surface area contributed by atoms with Crippen molar-refractivity contribution >= 4 is 49.7 Å². The van der Waals surface area contributed by atoms with Crippen LogP contribution in [0.2, 0.25) is 5.15 Å².